The molecule has 0 aromatic heterocycles. The summed E-state index contributed by atoms with van der Waals surface area (Å²) in [5, 5.41) is 16.4. The van der Waals surface area contributed by atoms with Crippen molar-refractivity contribution in [3.8, 4) is 0 Å². The van der Waals surface area contributed by atoms with E-state index in [9.17, 15) is 28.8 Å². The van der Waals surface area contributed by atoms with E-state index in [1.165, 1.54) is 5.01 Å². The molecule has 0 aliphatic carbocycles. The van der Waals surface area contributed by atoms with E-state index in [1.807, 2.05) is 0 Å². The number of carboxylic acids is 1. The topological polar surface area (TPSA) is 162 Å². The minimum Gasteiger partial charge on any atom is -0.481 e. The number of nitrogens with zero attached hydrogens (tertiary/aromatic N) is 2. The van der Waals surface area contributed by atoms with Gasteiger partial charge >= 0.3 is 11.9 Å². The van der Waals surface area contributed by atoms with Gasteiger partial charge in [-0.3, -0.25) is 33.8 Å². The second kappa shape index (κ2) is 11.3. The summed E-state index contributed by atoms with van der Waals surface area (Å²) in [5.74, 6) is -4.21. The van der Waals surface area contributed by atoms with Crippen molar-refractivity contribution in [3.05, 3.63) is 47.9 Å². The highest BCUT2D eigenvalue weighted by atomic mass is 16.5. The lowest BCUT2D eigenvalue weighted by Gasteiger charge is -2.43. The highest BCUT2D eigenvalue weighted by Crippen LogP contribution is 2.25. The number of carboxylic acid groups (broad SMARTS) is 1. The predicted octanol–water partition coefficient (Wildman–Crippen LogP) is 0.309. The number of hydrogen-bond donors (Lipinski definition) is 3. The van der Waals surface area contributed by atoms with E-state index < -0.39 is 48.2 Å². The molecule has 186 valence electrons. The van der Waals surface area contributed by atoms with Crippen LogP contribution in [0.25, 0.3) is 0 Å². The summed E-state index contributed by atoms with van der Waals surface area (Å²) in [6.07, 6.45) is 0.873. The van der Waals surface area contributed by atoms with Gasteiger partial charge in [-0.2, -0.15) is 0 Å². The highest BCUT2D eigenvalue weighted by molar-refractivity contribution is 5.99. The van der Waals surface area contributed by atoms with Crippen LogP contribution in [0, 0.1) is 0 Å². The fourth-order valence-corrected chi connectivity index (χ4v) is 3.91. The van der Waals surface area contributed by atoms with Gasteiger partial charge in [0.2, 0.25) is 11.8 Å². The number of ether oxygens (including phenoxy) is 1. The smallest absolute Gasteiger partial charge is 0.309 e. The van der Waals surface area contributed by atoms with Crippen LogP contribution in [0.15, 0.2) is 42.3 Å². The van der Waals surface area contributed by atoms with E-state index in [4.69, 9.17) is 5.11 Å². The number of carbonyl (C=O) groups is 6. The fourth-order valence-electron chi connectivity index (χ4n) is 3.91. The molecule has 1 aromatic rings. The molecule has 0 radical (unpaired) electrons. The third-order valence-electron chi connectivity index (χ3n) is 5.50. The first-order chi connectivity index (χ1) is 16.7. The molecule has 0 saturated carbocycles. The summed E-state index contributed by atoms with van der Waals surface area (Å²) >= 11 is 0. The fraction of sp³-hybridized carbons (Fsp3) is 0.391. The van der Waals surface area contributed by atoms with Crippen LogP contribution in [-0.2, 0) is 28.7 Å². The predicted molar refractivity (Wildman–Crippen MR) is 119 cm³/mol. The summed E-state index contributed by atoms with van der Waals surface area (Å²) in [6, 6.07) is 6.10. The van der Waals surface area contributed by atoms with Crippen LogP contribution in [0.2, 0.25) is 0 Å². The standard InChI is InChI=1S/C23H26N4O8/c1-14(28)35-13-16(12-20(30)31)24-22(33)18-8-5-11-26-19(29)10-9-17(23(34)27(18)26)25-21(32)15-6-3-2-4-7-15/h2-4,6-7,13,17-18H,5,8-12H2,1H3,(H,24,33)(H,25,32)(H,30,31). The molecular weight excluding hydrogens is 460 g/mol. The molecule has 12 heteroatoms. The largest absolute Gasteiger partial charge is 0.481 e. The Morgan fingerprint density at radius 2 is 1.86 bits per heavy atom. The molecule has 2 aliphatic rings. The minimum atomic E-state index is -1.28. The summed E-state index contributed by atoms with van der Waals surface area (Å²) < 4.78 is 4.69. The molecular formula is C23H26N4O8. The van der Waals surface area contributed by atoms with Crippen LogP contribution in [0.4, 0.5) is 0 Å². The minimum absolute atomic E-state index is 0.00701. The van der Waals surface area contributed by atoms with Crippen molar-refractivity contribution < 1.29 is 38.6 Å². The SMILES string of the molecule is CC(=O)OC=C(CC(=O)O)NC(=O)C1CCCN2C(=O)CCC(NC(=O)c3ccccc3)C(=O)N12. The third-order valence-corrected chi connectivity index (χ3v) is 5.50. The molecule has 4 amide bonds. The molecule has 2 atom stereocenters. The normalized spacial score (nSPS) is 20.4. The van der Waals surface area contributed by atoms with Crippen LogP contribution in [0.3, 0.4) is 0 Å². The molecule has 0 bridgehead atoms. The van der Waals surface area contributed by atoms with E-state index in [1.54, 1.807) is 30.3 Å². The summed E-state index contributed by atoms with van der Waals surface area (Å²) in [5.41, 5.74) is 0.145. The average Bonchev–Trinajstić information content (AvgIpc) is 2.94. The molecule has 3 rings (SSSR count). The summed E-state index contributed by atoms with van der Waals surface area (Å²) in [4.78, 5) is 74.2. The average molecular weight is 486 g/mol. The van der Waals surface area contributed by atoms with Gasteiger partial charge in [-0.1, -0.05) is 18.2 Å². The number of carbonyl (C=O) groups excluding carboxylic acids is 5. The third kappa shape index (κ3) is 6.43. The van der Waals surface area contributed by atoms with Crippen molar-refractivity contribution in [2.45, 2.75) is 51.1 Å². The second-order valence-corrected chi connectivity index (χ2v) is 8.10. The number of rotatable bonds is 7. The summed E-state index contributed by atoms with van der Waals surface area (Å²) in [6.45, 7) is 1.33. The van der Waals surface area contributed by atoms with Crippen LogP contribution >= 0.6 is 0 Å². The number of hydrogen-bond acceptors (Lipinski definition) is 7. The van der Waals surface area contributed by atoms with E-state index in [-0.39, 0.29) is 37.4 Å². The number of esters is 1. The molecule has 2 saturated heterocycles. The first-order valence-electron chi connectivity index (χ1n) is 11.1. The molecule has 12 nitrogen and oxygen atoms in total. The van der Waals surface area contributed by atoms with Gasteiger partial charge in [0.1, 0.15) is 18.3 Å². The molecule has 35 heavy (non-hydrogen) atoms. The van der Waals surface area contributed by atoms with Gasteiger partial charge in [-0.15, -0.1) is 0 Å². The molecule has 0 spiro atoms. The quantitative estimate of drug-likeness (QED) is 0.366. The van der Waals surface area contributed by atoms with E-state index in [2.05, 4.69) is 15.4 Å². The first kappa shape index (κ1) is 25.4. The van der Waals surface area contributed by atoms with E-state index in [0.717, 1.165) is 18.2 Å². The van der Waals surface area contributed by atoms with Crippen molar-refractivity contribution in [1.82, 2.24) is 20.7 Å². The number of nitrogens with one attached hydrogen (secondary N) is 2. The summed E-state index contributed by atoms with van der Waals surface area (Å²) in [7, 11) is 0. The van der Waals surface area contributed by atoms with Crippen LogP contribution < -0.4 is 10.6 Å². The number of fused-ring (bicyclic) bond motifs is 1. The van der Waals surface area contributed by atoms with Gasteiger partial charge in [0.15, 0.2) is 0 Å². The first-order valence-corrected chi connectivity index (χ1v) is 11.1. The zero-order valence-corrected chi connectivity index (χ0v) is 19.1. The number of amides is 4. The van der Waals surface area contributed by atoms with E-state index >= 15 is 0 Å². The maximum absolute atomic E-state index is 13.4. The van der Waals surface area contributed by atoms with Crippen LogP contribution in [0.5, 0.6) is 0 Å². The number of aliphatic carboxylic acids is 1. The van der Waals surface area contributed by atoms with Crippen molar-refractivity contribution in [2.24, 2.45) is 0 Å². The molecule has 1 aromatic carbocycles. The van der Waals surface area contributed by atoms with Gasteiger partial charge in [-0.25, -0.2) is 5.01 Å². The molecule has 3 N–H and O–H groups in total. The number of hydrazine groups is 1. The lowest BCUT2D eigenvalue weighted by Crippen LogP contribution is -2.63. The molecule has 2 fully saturated rings. The Labute approximate surface area is 200 Å². The van der Waals surface area contributed by atoms with Crippen molar-refractivity contribution >= 4 is 35.6 Å². The Morgan fingerprint density at radius 1 is 1.14 bits per heavy atom. The molecule has 2 unspecified atom stereocenters. The van der Waals surface area contributed by atoms with Crippen molar-refractivity contribution in [3.63, 3.8) is 0 Å². The second-order valence-electron chi connectivity index (χ2n) is 8.10. The van der Waals surface area contributed by atoms with Crippen molar-refractivity contribution in [1.29, 1.82) is 0 Å². The van der Waals surface area contributed by atoms with Crippen molar-refractivity contribution in [2.75, 3.05) is 6.54 Å². The lowest BCUT2D eigenvalue weighted by atomic mass is 10.1. The van der Waals surface area contributed by atoms with Gasteiger partial charge in [-0.05, 0) is 31.4 Å². The van der Waals surface area contributed by atoms with E-state index in [0.29, 0.717) is 12.0 Å². The monoisotopic (exact) mass is 486 g/mol. The van der Waals surface area contributed by atoms with Gasteiger partial charge in [0, 0.05) is 25.5 Å². The Hall–Kier alpha value is -4.22. The maximum atomic E-state index is 13.4. The molecule has 2 heterocycles. The Kier molecular flexibility index (Phi) is 8.18. The highest BCUT2D eigenvalue weighted by Gasteiger charge is 2.44. The molecule has 2 aliphatic heterocycles. The lowest BCUT2D eigenvalue weighted by molar-refractivity contribution is -0.175. The number of benzene rings is 1. The zero-order valence-electron chi connectivity index (χ0n) is 19.1. The Balaban J connectivity index is 1.82. The maximum Gasteiger partial charge on any atom is 0.309 e. The van der Waals surface area contributed by atoms with Gasteiger partial charge in [0.25, 0.3) is 11.8 Å². The Bertz CT molecular complexity index is 1050. The Morgan fingerprint density at radius 3 is 2.51 bits per heavy atom. The van der Waals surface area contributed by atoms with Gasteiger partial charge < -0.3 is 20.5 Å². The van der Waals surface area contributed by atoms with Gasteiger partial charge in [0.05, 0.1) is 12.1 Å². The zero-order chi connectivity index (χ0) is 25.5. The van der Waals surface area contributed by atoms with Crippen LogP contribution in [0.1, 0.15) is 49.4 Å². The van der Waals surface area contributed by atoms with Crippen LogP contribution in [-0.4, -0.2) is 69.3 Å².